The van der Waals surface area contributed by atoms with Gasteiger partial charge >= 0.3 is 0 Å². The Kier molecular flexibility index (Phi) is 20.6. The van der Waals surface area contributed by atoms with Crippen molar-refractivity contribution in [2.24, 2.45) is 0 Å². The van der Waals surface area contributed by atoms with Crippen molar-refractivity contribution < 1.29 is 22.4 Å². The molecule has 0 unspecified atom stereocenters. The van der Waals surface area contributed by atoms with Gasteiger partial charge in [0.1, 0.15) is 0 Å². The molecule has 1 radical (unpaired) electrons. The average molecular weight is 137 g/mol. The quantitative estimate of drug-likeness (QED) is 0.434. The second-order valence-electron chi connectivity index (χ2n) is 0.447. The summed E-state index contributed by atoms with van der Waals surface area (Å²) in [6.07, 6.45) is 0. The molecule has 0 aliphatic carbocycles. The summed E-state index contributed by atoms with van der Waals surface area (Å²) in [6.45, 7) is 0. The number of hydrogen-bond acceptors (Lipinski definition) is 0. The molecule has 0 aromatic heterocycles. The van der Waals surface area contributed by atoms with Crippen molar-refractivity contribution in [2.75, 3.05) is 14.1 Å². The molecule has 0 atom stereocenters. The van der Waals surface area contributed by atoms with E-state index in [2.05, 4.69) is 5.32 Å². The van der Waals surface area contributed by atoms with Crippen molar-refractivity contribution in [1.29, 1.82) is 0 Å². The van der Waals surface area contributed by atoms with Crippen LogP contribution in [0.2, 0.25) is 0 Å². The standard InChI is InChI=1S/C2H6N.Nb/c1-3-2;/h1-2H3;/q-1;. The van der Waals surface area contributed by atoms with Gasteiger partial charge in [0.25, 0.3) is 0 Å². The molecule has 4 heavy (non-hydrogen) atoms. The molecule has 1 nitrogen and oxygen atoms in total. The van der Waals surface area contributed by atoms with Crippen LogP contribution in [0, 0.1) is 0 Å². The third-order valence-corrected chi connectivity index (χ3v) is 0. The summed E-state index contributed by atoms with van der Waals surface area (Å²) in [4.78, 5) is 0. The van der Waals surface area contributed by atoms with E-state index in [1.807, 2.05) is 0 Å². The molecule has 0 fully saturated rings. The molecule has 0 heterocycles. The first-order valence-corrected chi connectivity index (χ1v) is 0.894. The fraction of sp³-hybridized carbons (Fsp3) is 1.00. The van der Waals surface area contributed by atoms with Gasteiger partial charge in [-0.15, -0.1) is 0 Å². The Morgan fingerprint density at radius 1 is 1.25 bits per heavy atom. The summed E-state index contributed by atoms with van der Waals surface area (Å²) >= 11 is 0. The van der Waals surface area contributed by atoms with Crippen LogP contribution >= 0.6 is 0 Å². The summed E-state index contributed by atoms with van der Waals surface area (Å²) in [5.74, 6) is 0. The molecule has 0 aromatic rings. The molecule has 0 rings (SSSR count). The van der Waals surface area contributed by atoms with Crippen LogP contribution < -0.4 is 0 Å². The van der Waals surface area contributed by atoms with E-state index < -0.39 is 0 Å². The van der Waals surface area contributed by atoms with Gasteiger partial charge in [0.2, 0.25) is 0 Å². The zero-order valence-corrected chi connectivity index (χ0v) is 5.09. The van der Waals surface area contributed by atoms with Crippen LogP contribution in [0.25, 0.3) is 5.32 Å². The van der Waals surface area contributed by atoms with Gasteiger partial charge in [0, 0.05) is 22.4 Å². The van der Waals surface area contributed by atoms with Crippen molar-refractivity contribution in [3.8, 4) is 0 Å². The van der Waals surface area contributed by atoms with E-state index >= 15 is 0 Å². The number of nitrogens with zero attached hydrogens (tertiary/aromatic N) is 1. The number of hydrogen-bond donors (Lipinski definition) is 0. The maximum Gasteiger partial charge on any atom is 0 e. The largest absolute Gasteiger partial charge is 0.668 e. The Morgan fingerprint density at radius 2 is 1.25 bits per heavy atom. The van der Waals surface area contributed by atoms with E-state index in [1.165, 1.54) is 0 Å². The van der Waals surface area contributed by atoms with Crippen molar-refractivity contribution >= 4 is 0 Å². The molecule has 0 N–H and O–H groups in total. The maximum atomic E-state index is 3.50. The van der Waals surface area contributed by atoms with Crippen LogP contribution in [0.15, 0.2) is 0 Å². The van der Waals surface area contributed by atoms with Crippen molar-refractivity contribution in [1.82, 2.24) is 0 Å². The minimum Gasteiger partial charge on any atom is -0.668 e. The second kappa shape index (κ2) is 9.33. The fourth-order valence-electron chi connectivity index (χ4n) is 0. The van der Waals surface area contributed by atoms with E-state index in [-0.39, 0.29) is 22.4 Å². The Balaban J connectivity index is 0. The van der Waals surface area contributed by atoms with Crippen molar-refractivity contribution in [2.45, 2.75) is 0 Å². The van der Waals surface area contributed by atoms with Gasteiger partial charge in [-0.3, -0.25) is 0 Å². The van der Waals surface area contributed by atoms with E-state index in [0.29, 0.717) is 0 Å². The Morgan fingerprint density at radius 3 is 1.25 bits per heavy atom. The molecular weight excluding hydrogens is 131 g/mol. The third kappa shape index (κ3) is 15.9. The first-order valence-electron chi connectivity index (χ1n) is 0.894. The van der Waals surface area contributed by atoms with Crippen LogP contribution in [-0.4, -0.2) is 14.1 Å². The minimum absolute atomic E-state index is 0. The molecule has 0 aliphatic rings. The Hall–Kier alpha value is 0.700. The zero-order chi connectivity index (χ0) is 2.71. The summed E-state index contributed by atoms with van der Waals surface area (Å²) in [5.41, 5.74) is 0. The maximum absolute atomic E-state index is 3.50. The topological polar surface area (TPSA) is 14.1 Å². The molecule has 0 spiro atoms. The summed E-state index contributed by atoms with van der Waals surface area (Å²) in [6, 6.07) is 0. The molecule has 0 bridgehead atoms. The molecule has 0 aliphatic heterocycles. The van der Waals surface area contributed by atoms with Gasteiger partial charge in [-0.05, 0) is 0 Å². The van der Waals surface area contributed by atoms with Crippen molar-refractivity contribution in [3.63, 3.8) is 0 Å². The van der Waals surface area contributed by atoms with Crippen LogP contribution in [0.4, 0.5) is 0 Å². The van der Waals surface area contributed by atoms with E-state index in [1.54, 1.807) is 14.1 Å². The summed E-state index contributed by atoms with van der Waals surface area (Å²) in [7, 11) is 3.50. The molecule has 2 heteroatoms. The van der Waals surface area contributed by atoms with Crippen LogP contribution in [0.1, 0.15) is 0 Å². The minimum atomic E-state index is 0. The van der Waals surface area contributed by atoms with E-state index in [4.69, 9.17) is 0 Å². The predicted molar refractivity (Wildman–Crippen MR) is 15.2 cm³/mol. The Bertz CT molecular complexity index is 6.00. The predicted octanol–water partition coefficient (Wildman–Crippen LogP) is 0.617. The zero-order valence-electron chi connectivity index (χ0n) is 2.89. The molecule has 0 amide bonds. The van der Waals surface area contributed by atoms with Gasteiger partial charge in [-0.1, -0.05) is 0 Å². The first kappa shape index (κ1) is 8.83. The van der Waals surface area contributed by atoms with Gasteiger partial charge in [0.15, 0.2) is 0 Å². The fourth-order valence-corrected chi connectivity index (χ4v) is 0. The SMILES string of the molecule is C[N-]C.[Nb]. The first-order chi connectivity index (χ1) is 1.41. The molecule has 0 saturated heterocycles. The molecule has 25 valence electrons. The van der Waals surface area contributed by atoms with Crippen LogP contribution in [-0.2, 0) is 22.4 Å². The smallest absolute Gasteiger partial charge is 0 e. The van der Waals surface area contributed by atoms with E-state index in [0.717, 1.165) is 0 Å². The monoisotopic (exact) mass is 137 g/mol. The van der Waals surface area contributed by atoms with Gasteiger partial charge in [0.05, 0.1) is 0 Å². The molecular formula is C2H6NNb-. The van der Waals surface area contributed by atoms with Crippen LogP contribution in [0.3, 0.4) is 0 Å². The van der Waals surface area contributed by atoms with E-state index in [9.17, 15) is 0 Å². The van der Waals surface area contributed by atoms with Gasteiger partial charge in [-0.25, -0.2) is 0 Å². The van der Waals surface area contributed by atoms with Crippen molar-refractivity contribution in [3.05, 3.63) is 5.32 Å². The molecule has 0 saturated carbocycles. The summed E-state index contributed by atoms with van der Waals surface area (Å²) in [5, 5.41) is 3.50. The molecule has 0 aromatic carbocycles. The number of rotatable bonds is 0. The van der Waals surface area contributed by atoms with Gasteiger partial charge < -0.3 is 5.32 Å². The summed E-state index contributed by atoms with van der Waals surface area (Å²) < 4.78 is 0. The average Bonchev–Trinajstić information content (AvgIpc) is 0.918. The van der Waals surface area contributed by atoms with Crippen LogP contribution in [0.5, 0.6) is 0 Å². The third-order valence-electron chi connectivity index (χ3n) is 0. The van der Waals surface area contributed by atoms with Gasteiger partial charge in [-0.2, -0.15) is 14.1 Å². The Labute approximate surface area is 42.3 Å². The second-order valence-corrected chi connectivity index (χ2v) is 0.447. The normalized spacial score (nSPS) is 4.50.